The van der Waals surface area contributed by atoms with Crippen LogP contribution >= 0.6 is 0 Å². The number of ether oxygens (including phenoxy) is 1. The predicted molar refractivity (Wildman–Crippen MR) is 152 cm³/mol. The van der Waals surface area contributed by atoms with Crippen LogP contribution in [0.2, 0.25) is 0 Å². The quantitative estimate of drug-likeness (QED) is 0.252. The van der Waals surface area contributed by atoms with Crippen LogP contribution in [0, 0.1) is 11.7 Å². The summed E-state index contributed by atoms with van der Waals surface area (Å²) in [6.45, 7) is 18.1. The van der Waals surface area contributed by atoms with Gasteiger partial charge in [0, 0.05) is 37.6 Å². The number of carbonyl (C=O) groups excluding carboxylic acids is 1. The van der Waals surface area contributed by atoms with Crippen molar-refractivity contribution >= 4 is 11.6 Å². The fourth-order valence-corrected chi connectivity index (χ4v) is 4.36. The van der Waals surface area contributed by atoms with Gasteiger partial charge in [-0.25, -0.2) is 4.39 Å². The summed E-state index contributed by atoms with van der Waals surface area (Å²) in [7, 11) is 2.05. The molecule has 0 radical (unpaired) electrons. The van der Waals surface area contributed by atoms with E-state index in [1.807, 2.05) is 32.9 Å². The van der Waals surface area contributed by atoms with Gasteiger partial charge in [-0.15, -0.1) is 0 Å². The molecule has 1 amide bonds. The lowest BCUT2D eigenvalue weighted by atomic mass is 10.1. The van der Waals surface area contributed by atoms with E-state index in [1.54, 1.807) is 12.1 Å². The summed E-state index contributed by atoms with van der Waals surface area (Å²) in [5.41, 5.74) is 0.855. The molecule has 8 nitrogen and oxygen atoms in total. The SMILES string of the molecule is CCN(CCN(C)CC1CC=C(C(=O)NC(C)(C)C)O1)C(C)c1ccc(NC(O)NCCC(C)C)c(F)c1. The minimum absolute atomic E-state index is 0.0307. The Morgan fingerprint density at radius 2 is 1.95 bits per heavy atom. The maximum absolute atomic E-state index is 14.8. The fourth-order valence-electron chi connectivity index (χ4n) is 4.36. The van der Waals surface area contributed by atoms with Crippen LogP contribution in [0.5, 0.6) is 0 Å². The van der Waals surface area contributed by atoms with Crippen molar-refractivity contribution in [3.05, 3.63) is 41.4 Å². The van der Waals surface area contributed by atoms with Crippen molar-refractivity contribution in [2.45, 2.75) is 85.3 Å². The Balaban J connectivity index is 1.83. The zero-order valence-electron chi connectivity index (χ0n) is 24.6. The highest BCUT2D eigenvalue weighted by Gasteiger charge is 2.27. The topological polar surface area (TPSA) is 89.1 Å². The van der Waals surface area contributed by atoms with E-state index in [0.717, 1.165) is 38.2 Å². The molecule has 0 saturated carbocycles. The Labute approximate surface area is 229 Å². The van der Waals surface area contributed by atoms with E-state index in [1.165, 1.54) is 0 Å². The third-order valence-corrected chi connectivity index (χ3v) is 6.64. The molecule has 3 atom stereocenters. The number of nitrogens with zero attached hydrogens (tertiary/aromatic N) is 2. The van der Waals surface area contributed by atoms with E-state index >= 15 is 0 Å². The lowest BCUT2D eigenvalue weighted by Gasteiger charge is -2.31. The van der Waals surface area contributed by atoms with Gasteiger partial charge in [0.25, 0.3) is 5.91 Å². The summed E-state index contributed by atoms with van der Waals surface area (Å²) in [5, 5.41) is 18.8. The van der Waals surface area contributed by atoms with Crippen LogP contribution in [0.4, 0.5) is 10.1 Å². The molecule has 0 saturated heterocycles. The number of hydrogen-bond donors (Lipinski definition) is 4. The molecule has 1 aliphatic rings. The highest BCUT2D eigenvalue weighted by molar-refractivity contribution is 5.92. The lowest BCUT2D eigenvalue weighted by molar-refractivity contribution is -0.122. The first-order valence-corrected chi connectivity index (χ1v) is 13.9. The number of halogens is 1. The number of rotatable bonds is 15. The first kappa shape index (κ1) is 32.0. The van der Waals surface area contributed by atoms with Crippen molar-refractivity contribution in [1.29, 1.82) is 0 Å². The molecular formula is C29H50FN5O3. The second-order valence-corrected chi connectivity index (χ2v) is 11.7. The number of carbonyl (C=O) groups is 1. The summed E-state index contributed by atoms with van der Waals surface area (Å²) in [5.74, 6) is 0.380. The second-order valence-electron chi connectivity index (χ2n) is 11.7. The zero-order chi connectivity index (χ0) is 28.5. The Morgan fingerprint density at radius 3 is 2.55 bits per heavy atom. The highest BCUT2D eigenvalue weighted by atomic mass is 19.1. The largest absolute Gasteiger partial charge is 0.483 e. The van der Waals surface area contributed by atoms with Crippen molar-refractivity contribution in [3.63, 3.8) is 0 Å². The number of amides is 1. The fraction of sp³-hybridized carbons (Fsp3) is 0.690. The minimum Gasteiger partial charge on any atom is -0.483 e. The molecule has 0 bridgehead atoms. The number of aliphatic hydroxyl groups excluding tert-OH is 1. The van der Waals surface area contributed by atoms with Crippen LogP contribution in [0.1, 0.15) is 72.9 Å². The predicted octanol–water partition coefficient (Wildman–Crippen LogP) is 4.05. The van der Waals surface area contributed by atoms with Crippen LogP contribution in [-0.4, -0.2) is 78.6 Å². The lowest BCUT2D eigenvalue weighted by Crippen LogP contribution is -2.42. The third-order valence-electron chi connectivity index (χ3n) is 6.64. The van der Waals surface area contributed by atoms with Crippen molar-refractivity contribution in [2.24, 2.45) is 5.92 Å². The van der Waals surface area contributed by atoms with E-state index in [0.29, 0.717) is 24.6 Å². The molecule has 2 rings (SSSR count). The Hall–Kier alpha value is -2.20. The molecule has 0 aromatic heterocycles. The third kappa shape index (κ3) is 10.9. The average molecular weight is 536 g/mol. The van der Waals surface area contributed by atoms with Gasteiger partial charge in [0.2, 0.25) is 0 Å². The minimum atomic E-state index is -1.00. The number of benzene rings is 1. The highest BCUT2D eigenvalue weighted by Crippen LogP contribution is 2.25. The van der Waals surface area contributed by atoms with E-state index < -0.39 is 6.35 Å². The van der Waals surface area contributed by atoms with Crippen molar-refractivity contribution in [2.75, 3.05) is 45.1 Å². The molecule has 0 spiro atoms. The molecule has 1 aromatic rings. The van der Waals surface area contributed by atoms with Gasteiger partial charge >= 0.3 is 0 Å². The standard InChI is InChI=1S/C29H50FN5O3/c1-9-35(17-16-34(8)19-23-11-13-26(38-23)27(36)33-29(5,6)7)21(4)22-10-12-25(24(30)18-22)32-28(37)31-15-14-20(2)3/h10,12-13,18,20-21,23,28,31-32,37H,9,11,14-17,19H2,1-8H3,(H,33,36). The van der Waals surface area contributed by atoms with E-state index in [4.69, 9.17) is 4.74 Å². The smallest absolute Gasteiger partial charge is 0.286 e. The zero-order valence-corrected chi connectivity index (χ0v) is 24.6. The first-order valence-electron chi connectivity index (χ1n) is 13.9. The summed E-state index contributed by atoms with van der Waals surface area (Å²) < 4.78 is 20.7. The van der Waals surface area contributed by atoms with Gasteiger partial charge in [0.15, 0.2) is 12.1 Å². The first-order chi connectivity index (χ1) is 17.8. The van der Waals surface area contributed by atoms with Crippen LogP contribution in [-0.2, 0) is 9.53 Å². The number of aliphatic hydroxyl groups is 1. The van der Waals surface area contributed by atoms with Gasteiger partial charge < -0.3 is 25.4 Å². The van der Waals surface area contributed by atoms with Crippen molar-refractivity contribution < 1.29 is 19.0 Å². The average Bonchev–Trinajstić information content (AvgIpc) is 3.28. The van der Waals surface area contributed by atoms with Gasteiger partial charge in [-0.3, -0.25) is 15.0 Å². The Kier molecular flexibility index (Phi) is 12.5. The summed E-state index contributed by atoms with van der Waals surface area (Å²) in [6.07, 6.45) is 2.47. The van der Waals surface area contributed by atoms with E-state index in [-0.39, 0.29) is 35.1 Å². The summed E-state index contributed by atoms with van der Waals surface area (Å²) in [6, 6.07) is 5.17. The number of anilines is 1. The van der Waals surface area contributed by atoms with Gasteiger partial charge in [-0.2, -0.15) is 0 Å². The molecular weight excluding hydrogens is 485 g/mol. The van der Waals surface area contributed by atoms with Crippen LogP contribution < -0.4 is 16.0 Å². The Morgan fingerprint density at radius 1 is 1.24 bits per heavy atom. The molecule has 38 heavy (non-hydrogen) atoms. The van der Waals surface area contributed by atoms with E-state index in [2.05, 4.69) is 60.5 Å². The summed E-state index contributed by atoms with van der Waals surface area (Å²) >= 11 is 0. The van der Waals surface area contributed by atoms with E-state index in [9.17, 15) is 14.3 Å². The molecule has 216 valence electrons. The van der Waals surface area contributed by atoms with Crippen molar-refractivity contribution in [3.8, 4) is 0 Å². The second kappa shape index (κ2) is 14.8. The number of hydrogen-bond acceptors (Lipinski definition) is 7. The van der Waals surface area contributed by atoms with Crippen molar-refractivity contribution in [1.82, 2.24) is 20.4 Å². The monoisotopic (exact) mass is 535 g/mol. The maximum atomic E-state index is 14.8. The number of nitrogens with one attached hydrogen (secondary N) is 3. The maximum Gasteiger partial charge on any atom is 0.286 e. The molecule has 3 unspecified atom stereocenters. The summed E-state index contributed by atoms with van der Waals surface area (Å²) in [4.78, 5) is 16.9. The van der Waals surface area contributed by atoms with Gasteiger partial charge in [-0.1, -0.05) is 26.8 Å². The number of likely N-dealkylation sites (N-methyl/N-ethyl adjacent to an activating group) is 2. The van der Waals surface area contributed by atoms with Crippen LogP contribution in [0.15, 0.2) is 30.0 Å². The normalized spacial score (nSPS) is 17.5. The Bertz CT molecular complexity index is 918. The molecule has 1 aliphatic heterocycles. The molecule has 1 heterocycles. The van der Waals surface area contributed by atoms with Gasteiger partial charge in [0.1, 0.15) is 11.9 Å². The molecule has 4 N–H and O–H groups in total. The van der Waals surface area contributed by atoms with Gasteiger partial charge in [0.05, 0.1) is 5.69 Å². The van der Waals surface area contributed by atoms with Crippen LogP contribution in [0.25, 0.3) is 0 Å². The molecule has 9 heteroatoms. The van der Waals surface area contributed by atoms with Gasteiger partial charge in [-0.05, 0) is 83.9 Å². The molecule has 0 aliphatic carbocycles. The molecule has 0 fully saturated rings. The van der Waals surface area contributed by atoms with Crippen LogP contribution in [0.3, 0.4) is 0 Å². The molecule has 1 aromatic carbocycles.